The van der Waals surface area contributed by atoms with E-state index in [1.807, 2.05) is 0 Å². The number of carbonyl (C=O) groups excluding carboxylic acids is 1. The third-order valence-electron chi connectivity index (χ3n) is 4.09. The van der Waals surface area contributed by atoms with Crippen molar-refractivity contribution < 1.29 is 41.0 Å². The van der Waals surface area contributed by atoms with Gasteiger partial charge in [-0.3, -0.25) is 4.79 Å². The zero-order chi connectivity index (χ0) is 23.6. The molecule has 0 bridgehead atoms. The number of hydrogen-bond acceptors (Lipinski definition) is 4. The Labute approximate surface area is 172 Å². The Morgan fingerprint density at radius 3 is 2.29 bits per heavy atom. The number of nitrogens with zero attached hydrogens (tertiary/aromatic N) is 1. The van der Waals surface area contributed by atoms with Crippen LogP contribution in [-0.4, -0.2) is 23.2 Å². The van der Waals surface area contributed by atoms with Crippen molar-refractivity contribution in [2.45, 2.75) is 31.8 Å². The molecule has 31 heavy (non-hydrogen) atoms. The van der Waals surface area contributed by atoms with Gasteiger partial charge in [0.1, 0.15) is 12.4 Å². The van der Waals surface area contributed by atoms with Crippen LogP contribution in [0.5, 0.6) is 5.75 Å². The SMILES string of the molecule is Cc1cc(OCC(C)(O)C(=O)Nc2ccc(C#N)c(C(F)(F)F)c2)cc(C(F)(F)F)c1. The Hall–Kier alpha value is -3.26. The summed E-state index contributed by atoms with van der Waals surface area (Å²) in [6, 6.07) is 6.66. The standard InChI is InChI=1S/C20H16F6N2O3/c1-11-5-13(19(21,22)23)7-15(6-11)31-10-18(2,30)17(29)28-14-4-3-12(9-27)16(8-14)20(24,25)26/h3-8,30H,10H2,1-2H3,(H,28,29). The fourth-order valence-electron chi connectivity index (χ4n) is 2.50. The highest BCUT2D eigenvalue weighted by Crippen LogP contribution is 2.34. The maximum Gasteiger partial charge on any atom is 0.417 e. The number of anilines is 1. The zero-order valence-corrected chi connectivity index (χ0v) is 16.1. The molecule has 0 aromatic heterocycles. The predicted molar refractivity (Wildman–Crippen MR) is 97.1 cm³/mol. The molecule has 2 rings (SSSR count). The highest BCUT2D eigenvalue weighted by molar-refractivity contribution is 5.97. The van der Waals surface area contributed by atoms with Gasteiger partial charge in [-0.25, -0.2) is 0 Å². The smallest absolute Gasteiger partial charge is 0.417 e. The first-order chi connectivity index (χ1) is 14.1. The molecule has 2 N–H and O–H groups in total. The first kappa shape index (κ1) is 24.0. The number of ether oxygens (including phenoxy) is 1. The maximum atomic E-state index is 13.0. The van der Waals surface area contributed by atoms with Gasteiger partial charge in [-0.05, 0) is 55.8 Å². The third kappa shape index (κ3) is 6.11. The van der Waals surface area contributed by atoms with Gasteiger partial charge in [-0.1, -0.05) is 0 Å². The molecule has 0 aliphatic heterocycles. The largest absolute Gasteiger partial charge is 0.490 e. The van der Waals surface area contributed by atoms with E-state index in [2.05, 4.69) is 5.32 Å². The van der Waals surface area contributed by atoms with Crippen LogP contribution in [0.4, 0.5) is 32.0 Å². The van der Waals surface area contributed by atoms with E-state index in [9.17, 15) is 36.2 Å². The van der Waals surface area contributed by atoms with Crippen LogP contribution in [0.2, 0.25) is 0 Å². The summed E-state index contributed by atoms with van der Waals surface area (Å²) in [6.45, 7) is 1.61. The summed E-state index contributed by atoms with van der Waals surface area (Å²) < 4.78 is 82.9. The summed E-state index contributed by atoms with van der Waals surface area (Å²) in [7, 11) is 0. The van der Waals surface area contributed by atoms with Gasteiger partial charge >= 0.3 is 12.4 Å². The summed E-state index contributed by atoms with van der Waals surface area (Å²) in [6.07, 6.45) is -9.48. The number of aliphatic hydroxyl groups is 1. The second-order valence-electron chi connectivity index (χ2n) is 6.92. The molecule has 0 aliphatic rings. The number of nitriles is 1. The molecule has 0 fully saturated rings. The van der Waals surface area contributed by atoms with E-state index in [1.165, 1.54) is 19.1 Å². The number of aryl methyl sites for hydroxylation is 1. The van der Waals surface area contributed by atoms with Gasteiger partial charge in [0.05, 0.1) is 22.8 Å². The van der Waals surface area contributed by atoms with Crippen molar-refractivity contribution in [3.05, 3.63) is 58.7 Å². The number of alkyl halides is 6. The van der Waals surface area contributed by atoms with Crippen LogP contribution in [0.1, 0.15) is 29.2 Å². The van der Waals surface area contributed by atoms with E-state index >= 15 is 0 Å². The van der Waals surface area contributed by atoms with Crippen molar-refractivity contribution in [1.29, 1.82) is 5.26 Å². The Morgan fingerprint density at radius 2 is 1.74 bits per heavy atom. The molecule has 2 aromatic rings. The second-order valence-corrected chi connectivity index (χ2v) is 6.92. The Balaban J connectivity index is 2.16. The quantitative estimate of drug-likeness (QED) is 0.654. The summed E-state index contributed by atoms with van der Waals surface area (Å²) >= 11 is 0. The van der Waals surface area contributed by atoms with Crippen molar-refractivity contribution in [2.24, 2.45) is 0 Å². The van der Waals surface area contributed by atoms with Crippen molar-refractivity contribution in [1.82, 2.24) is 0 Å². The Morgan fingerprint density at radius 1 is 1.10 bits per heavy atom. The average molecular weight is 446 g/mol. The van der Waals surface area contributed by atoms with Gasteiger partial charge in [-0.15, -0.1) is 0 Å². The minimum absolute atomic E-state index is 0.228. The van der Waals surface area contributed by atoms with E-state index in [-0.39, 0.29) is 17.0 Å². The molecule has 166 valence electrons. The number of hydrogen-bond donors (Lipinski definition) is 2. The topological polar surface area (TPSA) is 82.3 Å². The van der Waals surface area contributed by atoms with E-state index in [0.29, 0.717) is 12.1 Å². The summed E-state index contributed by atoms with van der Waals surface area (Å²) in [5, 5.41) is 21.2. The number of rotatable bonds is 5. The number of halogens is 6. The molecule has 1 amide bonds. The monoisotopic (exact) mass is 446 g/mol. The fourth-order valence-corrected chi connectivity index (χ4v) is 2.50. The molecule has 0 saturated heterocycles. The summed E-state index contributed by atoms with van der Waals surface area (Å²) in [5.41, 5.74) is -5.32. The molecular weight excluding hydrogens is 430 g/mol. The average Bonchev–Trinajstić information content (AvgIpc) is 2.64. The first-order valence-electron chi connectivity index (χ1n) is 8.60. The fraction of sp³-hybridized carbons (Fsp3) is 0.300. The second kappa shape index (κ2) is 8.47. The summed E-state index contributed by atoms with van der Waals surface area (Å²) in [4.78, 5) is 12.3. The van der Waals surface area contributed by atoms with E-state index in [0.717, 1.165) is 25.1 Å². The van der Waals surface area contributed by atoms with E-state index in [4.69, 9.17) is 10.00 Å². The molecular formula is C20H16F6N2O3. The number of nitrogens with one attached hydrogen (secondary N) is 1. The van der Waals surface area contributed by atoms with Gasteiger partial charge in [-0.2, -0.15) is 31.6 Å². The van der Waals surface area contributed by atoms with Crippen LogP contribution < -0.4 is 10.1 Å². The number of carbonyl (C=O) groups is 1. The van der Waals surface area contributed by atoms with Crippen molar-refractivity contribution >= 4 is 11.6 Å². The Kier molecular flexibility index (Phi) is 6.56. The van der Waals surface area contributed by atoms with Crippen LogP contribution in [0.3, 0.4) is 0 Å². The minimum atomic E-state index is -4.85. The predicted octanol–water partition coefficient (Wildman–Crippen LogP) is 4.67. The van der Waals surface area contributed by atoms with Crippen LogP contribution in [0.25, 0.3) is 0 Å². The van der Waals surface area contributed by atoms with Gasteiger partial charge in [0.15, 0.2) is 5.60 Å². The molecule has 0 spiro atoms. The molecule has 2 aromatic carbocycles. The Bertz CT molecular complexity index is 1020. The summed E-state index contributed by atoms with van der Waals surface area (Å²) in [5.74, 6) is -1.41. The lowest BCUT2D eigenvalue weighted by atomic mass is 10.0. The van der Waals surface area contributed by atoms with E-state index < -0.39 is 47.2 Å². The molecule has 11 heteroatoms. The molecule has 1 unspecified atom stereocenters. The van der Waals surface area contributed by atoms with Gasteiger partial charge in [0, 0.05) is 5.69 Å². The maximum absolute atomic E-state index is 13.0. The first-order valence-corrected chi connectivity index (χ1v) is 8.60. The van der Waals surface area contributed by atoms with Crippen LogP contribution in [-0.2, 0) is 17.1 Å². The number of benzene rings is 2. The van der Waals surface area contributed by atoms with Gasteiger partial charge < -0.3 is 15.2 Å². The normalized spacial score (nSPS) is 13.8. The molecule has 1 atom stereocenters. The molecule has 0 heterocycles. The van der Waals surface area contributed by atoms with Crippen LogP contribution in [0, 0.1) is 18.3 Å². The van der Waals surface area contributed by atoms with Crippen LogP contribution in [0.15, 0.2) is 36.4 Å². The van der Waals surface area contributed by atoms with Crippen LogP contribution >= 0.6 is 0 Å². The number of amides is 1. The highest BCUT2D eigenvalue weighted by atomic mass is 19.4. The van der Waals surface area contributed by atoms with Gasteiger partial charge in [0.25, 0.3) is 5.91 Å². The molecule has 0 radical (unpaired) electrons. The van der Waals surface area contributed by atoms with Gasteiger partial charge in [0.2, 0.25) is 0 Å². The molecule has 0 saturated carbocycles. The lowest BCUT2D eigenvalue weighted by Crippen LogP contribution is -2.45. The molecule has 5 nitrogen and oxygen atoms in total. The van der Waals surface area contributed by atoms with Crippen molar-refractivity contribution in [3.8, 4) is 11.8 Å². The zero-order valence-electron chi connectivity index (χ0n) is 16.1. The molecule has 0 aliphatic carbocycles. The lowest BCUT2D eigenvalue weighted by Gasteiger charge is -2.23. The van der Waals surface area contributed by atoms with Crippen molar-refractivity contribution in [3.63, 3.8) is 0 Å². The lowest BCUT2D eigenvalue weighted by molar-refractivity contribution is -0.138. The highest BCUT2D eigenvalue weighted by Gasteiger charge is 2.36. The minimum Gasteiger partial charge on any atom is -0.490 e. The third-order valence-corrected chi connectivity index (χ3v) is 4.09. The van der Waals surface area contributed by atoms with Crippen molar-refractivity contribution in [2.75, 3.05) is 11.9 Å². The van der Waals surface area contributed by atoms with E-state index in [1.54, 1.807) is 0 Å².